The van der Waals surface area contributed by atoms with E-state index in [1.165, 1.54) is 0 Å². The third-order valence-electron chi connectivity index (χ3n) is 2.13. The van der Waals surface area contributed by atoms with E-state index in [1.54, 1.807) is 6.07 Å². The van der Waals surface area contributed by atoms with Crippen LogP contribution in [0.25, 0.3) is 10.9 Å². The Morgan fingerprint density at radius 2 is 2.29 bits per heavy atom. The number of aromatic amines is 1. The van der Waals surface area contributed by atoms with Gasteiger partial charge in [-0.2, -0.15) is 5.10 Å². The van der Waals surface area contributed by atoms with Crippen LogP contribution < -0.4 is 11.5 Å². The van der Waals surface area contributed by atoms with Gasteiger partial charge >= 0.3 is 0 Å². The van der Waals surface area contributed by atoms with Gasteiger partial charge in [0.1, 0.15) is 5.69 Å². The van der Waals surface area contributed by atoms with E-state index in [0.717, 1.165) is 10.9 Å². The van der Waals surface area contributed by atoms with Crippen LogP contribution in [0, 0.1) is 0 Å². The number of hydrogen-bond donors (Lipinski definition) is 3. The Labute approximate surface area is 80.1 Å². The van der Waals surface area contributed by atoms with Gasteiger partial charge in [-0.15, -0.1) is 0 Å². The summed E-state index contributed by atoms with van der Waals surface area (Å²) in [5.41, 5.74) is 12.6. The number of primary amides is 1. The second-order valence-electron chi connectivity index (χ2n) is 2.98. The Bertz CT molecular complexity index is 489. The largest absolute Gasteiger partial charge is 0.364 e. The number of H-pyrrole nitrogens is 1. The third-order valence-corrected chi connectivity index (χ3v) is 2.13. The minimum Gasteiger partial charge on any atom is -0.364 e. The summed E-state index contributed by atoms with van der Waals surface area (Å²) < 4.78 is 0. The molecule has 1 aromatic carbocycles. The molecule has 0 spiro atoms. The Kier molecular flexibility index (Phi) is 1.94. The molecule has 0 fully saturated rings. The molecule has 0 bridgehead atoms. The molecule has 5 heteroatoms. The summed E-state index contributed by atoms with van der Waals surface area (Å²) in [6.07, 6.45) is 0. The second-order valence-corrected chi connectivity index (χ2v) is 2.98. The van der Waals surface area contributed by atoms with Crippen LogP contribution in [-0.4, -0.2) is 16.1 Å². The Balaban J connectivity index is 2.75. The molecule has 5 N–H and O–H groups in total. The van der Waals surface area contributed by atoms with Crippen LogP contribution in [0.1, 0.15) is 16.1 Å². The maximum atomic E-state index is 11.0. The molecule has 0 saturated carbocycles. The molecule has 1 heterocycles. The number of fused-ring (bicyclic) bond motifs is 1. The molecule has 0 unspecified atom stereocenters. The van der Waals surface area contributed by atoms with Gasteiger partial charge < -0.3 is 11.5 Å². The van der Waals surface area contributed by atoms with Gasteiger partial charge in [0.2, 0.25) is 0 Å². The van der Waals surface area contributed by atoms with Crippen LogP contribution in [0.5, 0.6) is 0 Å². The number of amides is 1. The van der Waals surface area contributed by atoms with E-state index in [2.05, 4.69) is 10.2 Å². The molecule has 0 aliphatic heterocycles. The van der Waals surface area contributed by atoms with Crippen molar-refractivity contribution in [1.29, 1.82) is 0 Å². The molecular formula is C9H10N4O. The van der Waals surface area contributed by atoms with Crippen molar-refractivity contribution in [3.8, 4) is 0 Å². The van der Waals surface area contributed by atoms with Gasteiger partial charge in [-0.3, -0.25) is 9.89 Å². The lowest BCUT2D eigenvalue weighted by molar-refractivity contribution is 0.0997. The van der Waals surface area contributed by atoms with E-state index in [4.69, 9.17) is 11.5 Å². The number of aromatic nitrogens is 2. The zero-order valence-corrected chi connectivity index (χ0v) is 7.45. The Morgan fingerprint density at radius 1 is 1.50 bits per heavy atom. The number of nitrogens with one attached hydrogen (secondary N) is 1. The van der Waals surface area contributed by atoms with Gasteiger partial charge in [0.15, 0.2) is 0 Å². The van der Waals surface area contributed by atoms with Gasteiger partial charge in [0.05, 0.1) is 5.52 Å². The van der Waals surface area contributed by atoms with Crippen molar-refractivity contribution in [3.05, 3.63) is 29.5 Å². The standard InChI is InChI=1S/C9H10N4O/c10-4-5-2-1-3-6-7(5)12-13-8(6)9(11)14/h1-3H,4,10H2,(H2,11,14)(H,12,13). The average Bonchev–Trinajstić information content (AvgIpc) is 2.60. The fourth-order valence-electron chi connectivity index (χ4n) is 1.45. The molecule has 0 aliphatic rings. The maximum Gasteiger partial charge on any atom is 0.267 e. The van der Waals surface area contributed by atoms with Crippen LogP contribution in [0.3, 0.4) is 0 Å². The highest BCUT2D eigenvalue weighted by molar-refractivity contribution is 6.04. The van der Waals surface area contributed by atoms with Crippen molar-refractivity contribution >= 4 is 16.8 Å². The highest BCUT2D eigenvalue weighted by Gasteiger charge is 2.11. The fraction of sp³-hybridized carbons (Fsp3) is 0.111. The van der Waals surface area contributed by atoms with Gasteiger partial charge in [0.25, 0.3) is 5.91 Å². The molecule has 14 heavy (non-hydrogen) atoms. The maximum absolute atomic E-state index is 11.0. The first-order valence-electron chi connectivity index (χ1n) is 4.20. The predicted molar refractivity (Wildman–Crippen MR) is 52.5 cm³/mol. The molecule has 72 valence electrons. The zero-order valence-electron chi connectivity index (χ0n) is 7.45. The SMILES string of the molecule is NCc1cccc2c(C(N)=O)[nH]nc12. The molecule has 5 nitrogen and oxygen atoms in total. The first kappa shape index (κ1) is 8.71. The average molecular weight is 190 g/mol. The molecule has 0 radical (unpaired) electrons. The van der Waals surface area contributed by atoms with Gasteiger partial charge in [-0.25, -0.2) is 0 Å². The lowest BCUT2D eigenvalue weighted by Crippen LogP contribution is -2.11. The summed E-state index contributed by atoms with van der Waals surface area (Å²) in [6.45, 7) is 0.389. The molecule has 0 saturated heterocycles. The summed E-state index contributed by atoms with van der Waals surface area (Å²) in [5.74, 6) is -0.512. The Morgan fingerprint density at radius 3 is 2.93 bits per heavy atom. The van der Waals surface area contributed by atoms with Gasteiger partial charge in [0, 0.05) is 11.9 Å². The van der Waals surface area contributed by atoms with E-state index in [-0.39, 0.29) is 0 Å². The normalized spacial score (nSPS) is 10.6. The van der Waals surface area contributed by atoms with E-state index in [0.29, 0.717) is 17.8 Å². The molecule has 1 amide bonds. The molecule has 0 aliphatic carbocycles. The summed E-state index contributed by atoms with van der Waals surface area (Å²) in [5, 5.41) is 7.34. The fourth-order valence-corrected chi connectivity index (χ4v) is 1.45. The van der Waals surface area contributed by atoms with Crippen molar-refractivity contribution < 1.29 is 4.79 Å². The van der Waals surface area contributed by atoms with Crippen LogP contribution in [0.4, 0.5) is 0 Å². The minimum absolute atomic E-state index is 0.329. The predicted octanol–water partition coefficient (Wildman–Crippen LogP) is 0.120. The lowest BCUT2D eigenvalue weighted by atomic mass is 10.1. The number of rotatable bonds is 2. The number of benzene rings is 1. The van der Waals surface area contributed by atoms with Gasteiger partial charge in [-0.05, 0) is 5.56 Å². The number of hydrogen-bond acceptors (Lipinski definition) is 3. The number of para-hydroxylation sites is 1. The van der Waals surface area contributed by atoms with Crippen LogP contribution in [-0.2, 0) is 6.54 Å². The smallest absolute Gasteiger partial charge is 0.267 e. The van der Waals surface area contributed by atoms with Crippen molar-refractivity contribution in [2.45, 2.75) is 6.54 Å². The topological polar surface area (TPSA) is 97.8 Å². The van der Waals surface area contributed by atoms with Gasteiger partial charge in [-0.1, -0.05) is 18.2 Å². The van der Waals surface area contributed by atoms with Crippen LogP contribution >= 0.6 is 0 Å². The summed E-state index contributed by atoms with van der Waals surface area (Å²) >= 11 is 0. The third kappa shape index (κ3) is 1.14. The molecule has 0 atom stereocenters. The molecule has 2 aromatic rings. The lowest BCUT2D eigenvalue weighted by Gasteiger charge is -1.96. The minimum atomic E-state index is -0.512. The molecular weight excluding hydrogens is 180 g/mol. The van der Waals surface area contributed by atoms with Crippen LogP contribution in [0.15, 0.2) is 18.2 Å². The van der Waals surface area contributed by atoms with Crippen molar-refractivity contribution in [1.82, 2.24) is 10.2 Å². The number of carbonyl (C=O) groups is 1. The first-order chi connectivity index (χ1) is 6.74. The van der Waals surface area contributed by atoms with Crippen molar-refractivity contribution in [2.24, 2.45) is 11.5 Å². The highest BCUT2D eigenvalue weighted by atomic mass is 16.1. The monoisotopic (exact) mass is 190 g/mol. The van der Waals surface area contributed by atoms with Crippen molar-refractivity contribution in [3.63, 3.8) is 0 Å². The number of carbonyl (C=O) groups excluding carboxylic acids is 1. The second kappa shape index (κ2) is 3.12. The van der Waals surface area contributed by atoms with E-state index in [1.807, 2.05) is 12.1 Å². The highest BCUT2D eigenvalue weighted by Crippen LogP contribution is 2.18. The zero-order chi connectivity index (χ0) is 10.1. The molecule has 1 aromatic heterocycles. The first-order valence-corrected chi connectivity index (χ1v) is 4.20. The van der Waals surface area contributed by atoms with E-state index in [9.17, 15) is 4.79 Å². The van der Waals surface area contributed by atoms with E-state index < -0.39 is 5.91 Å². The molecule has 2 rings (SSSR count). The Hall–Kier alpha value is -1.88. The number of nitrogens with two attached hydrogens (primary N) is 2. The summed E-state index contributed by atoms with van der Waals surface area (Å²) in [7, 11) is 0. The van der Waals surface area contributed by atoms with Crippen molar-refractivity contribution in [2.75, 3.05) is 0 Å². The van der Waals surface area contributed by atoms with E-state index >= 15 is 0 Å². The summed E-state index contributed by atoms with van der Waals surface area (Å²) in [4.78, 5) is 11.0. The van der Waals surface area contributed by atoms with Crippen LogP contribution in [0.2, 0.25) is 0 Å². The quantitative estimate of drug-likeness (QED) is 0.627. The summed E-state index contributed by atoms with van der Waals surface area (Å²) in [6, 6.07) is 5.48. The number of nitrogens with zero attached hydrogens (tertiary/aromatic N) is 1.